The Morgan fingerprint density at radius 3 is 2.86 bits per heavy atom. The second-order valence-corrected chi connectivity index (χ2v) is 4.64. The molecule has 0 aliphatic carbocycles. The number of carboxylic acids is 1. The SMILES string of the molecule is COCCOc1cc(C(=O)NCC(C)CC(=O)O)ccn1. The van der Waals surface area contributed by atoms with E-state index in [4.69, 9.17) is 14.6 Å². The second kappa shape index (κ2) is 8.91. The Morgan fingerprint density at radius 2 is 2.19 bits per heavy atom. The molecule has 7 heteroatoms. The number of amides is 1. The van der Waals surface area contributed by atoms with E-state index in [0.717, 1.165) is 0 Å². The van der Waals surface area contributed by atoms with E-state index in [1.165, 1.54) is 12.3 Å². The van der Waals surface area contributed by atoms with E-state index in [1.54, 1.807) is 20.1 Å². The van der Waals surface area contributed by atoms with Crippen molar-refractivity contribution in [3.63, 3.8) is 0 Å². The molecule has 1 aromatic heterocycles. The van der Waals surface area contributed by atoms with Crippen LogP contribution in [0.25, 0.3) is 0 Å². The molecule has 0 aliphatic rings. The molecule has 0 aromatic carbocycles. The van der Waals surface area contributed by atoms with E-state index in [9.17, 15) is 9.59 Å². The normalized spacial score (nSPS) is 11.7. The number of aromatic nitrogens is 1. The third kappa shape index (κ3) is 6.71. The molecule has 1 aromatic rings. The van der Waals surface area contributed by atoms with Gasteiger partial charge >= 0.3 is 5.97 Å². The minimum Gasteiger partial charge on any atom is -0.481 e. The average molecular weight is 296 g/mol. The fraction of sp³-hybridized carbons (Fsp3) is 0.500. The number of ether oxygens (including phenoxy) is 2. The summed E-state index contributed by atoms with van der Waals surface area (Å²) in [4.78, 5) is 26.5. The number of nitrogens with one attached hydrogen (secondary N) is 1. The van der Waals surface area contributed by atoms with Crippen molar-refractivity contribution in [2.24, 2.45) is 5.92 Å². The molecule has 0 saturated heterocycles. The molecule has 21 heavy (non-hydrogen) atoms. The van der Waals surface area contributed by atoms with E-state index in [1.807, 2.05) is 0 Å². The minimum absolute atomic E-state index is 0.0159. The number of hydrogen-bond donors (Lipinski definition) is 2. The zero-order valence-corrected chi connectivity index (χ0v) is 12.2. The monoisotopic (exact) mass is 296 g/mol. The molecule has 116 valence electrons. The van der Waals surface area contributed by atoms with Gasteiger partial charge in [-0.2, -0.15) is 0 Å². The third-order valence-electron chi connectivity index (χ3n) is 2.67. The second-order valence-electron chi connectivity index (χ2n) is 4.64. The number of carbonyl (C=O) groups excluding carboxylic acids is 1. The van der Waals surface area contributed by atoms with Crippen LogP contribution in [-0.4, -0.2) is 48.8 Å². The first kappa shape index (κ1) is 16.9. The number of carbonyl (C=O) groups is 2. The first-order valence-electron chi connectivity index (χ1n) is 6.60. The van der Waals surface area contributed by atoms with Crippen LogP contribution in [0.1, 0.15) is 23.7 Å². The number of hydrogen-bond acceptors (Lipinski definition) is 5. The van der Waals surface area contributed by atoms with Gasteiger partial charge in [-0.15, -0.1) is 0 Å². The lowest BCUT2D eigenvalue weighted by Gasteiger charge is -2.11. The Hall–Kier alpha value is -2.15. The summed E-state index contributed by atoms with van der Waals surface area (Å²) in [6.07, 6.45) is 1.50. The predicted molar refractivity (Wildman–Crippen MR) is 75.4 cm³/mol. The van der Waals surface area contributed by atoms with Crippen LogP contribution in [0.15, 0.2) is 18.3 Å². The van der Waals surface area contributed by atoms with Crippen molar-refractivity contribution in [3.05, 3.63) is 23.9 Å². The van der Waals surface area contributed by atoms with Crippen molar-refractivity contribution in [2.75, 3.05) is 26.9 Å². The number of methoxy groups -OCH3 is 1. The lowest BCUT2D eigenvalue weighted by Crippen LogP contribution is -2.29. The van der Waals surface area contributed by atoms with E-state index >= 15 is 0 Å². The van der Waals surface area contributed by atoms with Crippen molar-refractivity contribution in [2.45, 2.75) is 13.3 Å². The Morgan fingerprint density at radius 1 is 1.43 bits per heavy atom. The van der Waals surface area contributed by atoms with Crippen LogP contribution in [0.4, 0.5) is 0 Å². The fourth-order valence-corrected chi connectivity index (χ4v) is 1.60. The van der Waals surface area contributed by atoms with Gasteiger partial charge in [0.25, 0.3) is 5.91 Å². The average Bonchev–Trinajstić information content (AvgIpc) is 2.44. The molecule has 0 fully saturated rings. The van der Waals surface area contributed by atoms with Crippen LogP contribution in [0.3, 0.4) is 0 Å². The van der Waals surface area contributed by atoms with Crippen LogP contribution in [0.2, 0.25) is 0 Å². The molecule has 1 rings (SSSR count). The van der Waals surface area contributed by atoms with E-state index in [-0.39, 0.29) is 18.2 Å². The Balaban J connectivity index is 2.50. The number of aliphatic carboxylic acids is 1. The van der Waals surface area contributed by atoms with Gasteiger partial charge < -0.3 is 19.9 Å². The third-order valence-corrected chi connectivity index (χ3v) is 2.67. The highest BCUT2D eigenvalue weighted by atomic mass is 16.5. The van der Waals surface area contributed by atoms with Gasteiger partial charge in [0.1, 0.15) is 6.61 Å². The molecule has 1 atom stereocenters. The maximum Gasteiger partial charge on any atom is 0.303 e. The van der Waals surface area contributed by atoms with Crippen molar-refractivity contribution in [3.8, 4) is 5.88 Å². The highest BCUT2D eigenvalue weighted by Crippen LogP contribution is 2.09. The smallest absolute Gasteiger partial charge is 0.303 e. The molecular formula is C14H20N2O5. The van der Waals surface area contributed by atoms with Crippen molar-refractivity contribution in [1.29, 1.82) is 0 Å². The topological polar surface area (TPSA) is 97.8 Å². The Bertz CT molecular complexity index is 478. The standard InChI is InChI=1S/C14H20N2O5/c1-10(7-13(17)18)9-16-14(19)11-3-4-15-12(8-11)21-6-5-20-2/h3-4,8,10H,5-7,9H2,1-2H3,(H,16,19)(H,17,18). The molecule has 0 spiro atoms. The molecule has 0 radical (unpaired) electrons. The molecule has 1 heterocycles. The zero-order valence-electron chi connectivity index (χ0n) is 12.2. The first-order valence-corrected chi connectivity index (χ1v) is 6.60. The number of carboxylic acid groups (broad SMARTS) is 1. The van der Waals surface area contributed by atoms with Gasteiger partial charge in [0.05, 0.1) is 6.61 Å². The zero-order chi connectivity index (χ0) is 15.7. The number of rotatable bonds is 9. The Kier molecular flexibility index (Phi) is 7.17. The van der Waals surface area contributed by atoms with Crippen LogP contribution in [-0.2, 0) is 9.53 Å². The summed E-state index contributed by atoms with van der Waals surface area (Å²) in [5, 5.41) is 11.3. The van der Waals surface area contributed by atoms with E-state index in [2.05, 4.69) is 10.3 Å². The minimum atomic E-state index is -0.880. The molecule has 0 aliphatic heterocycles. The van der Waals surface area contributed by atoms with Gasteiger partial charge in [0, 0.05) is 37.9 Å². The van der Waals surface area contributed by atoms with Crippen LogP contribution in [0.5, 0.6) is 5.88 Å². The Labute approximate surface area is 123 Å². The summed E-state index contributed by atoms with van der Waals surface area (Å²) in [5.74, 6) is -0.954. The predicted octanol–water partition coefficient (Wildman–Crippen LogP) is 0.947. The van der Waals surface area contributed by atoms with E-state index in [0.29, 0.717) is 31.2 Å². The molecule has 7 nitrogen and oxygen atoms in total. The van der Waals surface area contributed by atoms with Crippen molar-refractivity contribution >= 4 is 11.9 Å². The summed E-state index contributed by atoms with van der Waals surface area (Å²) in [5.41, 5.74) is 0.417. The number of nitrogens with zero attached hydrogens (tertiary/aromatic N) is 1. The first-order chi connectivity index (χ1) is 10.0. The summed E-state index contributed by atoms with van der Waals surface area (Å²) in [6.45, 7) is 2.85. The maximum atomic E-state index is 12.0. The summed E-state index contributed by atoms with van der Waals surface area (Å²) in [7, 11) is 1.57. The maximum absolute atomic E-state index is 12.0. The largest absolute Gasteiger partial charge is 0.481 e. The number of pyridine rings is 1. The lowest BCUT2D eigenvalue weighted by molar-refractivity contribution is -0.137. The fourth-order valence-electron chi connectivity index (χ4n) is 1.60. The molecule has 2 N–H and O–H groups in total. The summed E-state index contributed by atoms with van der Waals surface area (Å²) in [6, 6.07) is 3.10. The highest BCUT2D eigenvalue weighted by Gasteiger charge is 2.11. The van der Waals surface area contributed by atoms with Gasteiger partial charge in [0.2, 0.25) is 5.88 Å². The van der Waals surface area contributed by atoms with Crippen molar-refractivity contribution in [1.82, 2.24) is 10.3 Å². The summed E-state index contributed by atoms with van der Waals surface area (Å²) < 4.78 is 10.2. The molecular weight excluding hydrogens is 276 g/mol. The quantitative estimate of drug-likeness (QED) is 0.658. The summed E-state index contributed by atoms with van der Waals surface area (Å²) >= 11 is 0. The highest BCUT2D eigenvalue weighted by molar-refractivity contribution is 5.94. The van der Waals surface area contributed by atoms with Gasteiger partial charge in [-0.3, -0.25) is 9.59 Å². The van der Waals surface area contributed by atoms with Crippen LogP contribution in [0, 0.1) is 5.92 Å². The molecule has 0 bridgehead atoms. The van der Waals surface area contributed by atoms with Crippen molar-refractivity contribution < 1.29 is 24.2 Å². The van der Waals surface area contributed by atoms with Gasteiger partial charge in [0.15, 0.2) is 0 Å². The van der Waals surface area contributed by atoms with E-state index < -0.39 is 5.97 Å². The van der Waals surface area contributed by atoms with Gasteiger partial charge in [-0.25, -0.2) is 4.98 Å². The van der Waals surface area contributed by atoms with Gasteiger partial charge in [-0.05, 0) is 12.0 Å². The molecule has 1 amide bonds. The molecule has 1 unspecified atom stereocenters. The van der Waals surface area contributed by atoms with Crippen LogP contribution < -0.4 is 10.1 Å². The van der Waals surface area contributed by atoms with Crippen LogP contribution >= 0.6 is 0 Å². The lowest BCUT2D eigenvalue weighted by atomic mass is 10.1. The van der Waals surface area contributed by atoms with Gasteiger partial charge in [-0.1, -0.05) is 6.92 Å². The molecule has 0 saturated carbocycles.